The summed E-state index contributed by atoms with van der Waals surface area (Å²) in [6, 6.07) is 24.8. The van der Waals surface area contributed by atoms with E-state index in [-0.39, 0.29) is 5.91 Å². The first-order chi connectivity index (χ1) is 17.6. The second-order valence-corrected chi connectivity index (χ2v) is 8.44. The van der Waals surface area contributed by atoms with Gasteiger partial charge in [-0.2, -0.15) is 10.2 Å². The predicted molar refractivity (Wildman–Crippen MR) is 145 cm³/mol. The number of aromatic nitrogens is 2. The molecular formula is C28H28ClN5O2. The lowest BCUT2D eigenvalue weighted by molar-refractivity contribution is 0.0950. The summed E-state index contributed by atoms with van der Waals surface area (Å²) < 4.78 is 5.82. The molecule has 3 aromatic carbocycles. The highest BCUT2D eigenvalue weighted by Crippen LogP contribution is 2.23. The molecule has 0 fully saturated rings. The second-order valence-electron chi connectivity index (χ2n) is 8.03. The maximum Gasteiger partial charge on any atom is 0.289 e. The highest BCUT2D eigenvalue weighted by Gasteiger charge is 2.11. The molecule has 8 heteroatoms. The van der Waals surface area contributed by atoms with Gasteiger partial charge in [0.2, 0.25) is 0 Å². The number of anilines is 1. The SMILES string of the molecule is CCN(CC)c1ccc(/C=N/NC(=O)c2cc(-c3ccc(OCc4ccccc4Cl)cc3)n[nH]2)cc1. The van der Waals surface area contributed by atoms with Crippen LogP contribution in [-0.4, -0.2) is 35.4 Å². The Kier molecular flexibility index (Phi) is 8.36. The molecule has 0 aliphatic carbocycles. The van der Waals surface area contributed by atoms with Crippen molar-refractivity contribution >= 4 is 29.4 Å². The minimum atomic E-state index is -0.371. The Morgan fingerprint density at radius 1 is 1.06 bits per heavy atom. The van der Waals surface area contributed by atoms with E-state index in [1.807, 2.05) is 72.8 Å². The molecule has 0 unspecified atom stereocenters. The first-order valence-electron chi connectivity index (χ1n) is 11.8. The minimum Gasteiger partial charge on any atom is -0.489 e. The number of carbonyl (C=O) groups excluding carboxylic acids is 1. The van der Waals surface area contributed by atoms with Gasteiger partial charge in [-0.3, -0.25) is 9.89 Å². The molecule has 0 aliphatic heterocycles. The van der Waals surface area contributed by atoms with Crippen LogP contribution in [0.25, 0.3) is 11.3 Å². The zero-order valence-electron chi connectivity index (χ0n) is 20.2. The molecule has 1 amide bonds. The average molecular weight is 502 g/mol. The lowest BCUT2D eigenvalue weighted by Gasteiger charge is -2.20. The van der Waals surface area contributed by atoms with E-state index < -0.39 is 0 Å². The number of nitrogens with one attached hydrogen (secondary N) is 2. The largest absolute Gasteiger partial charge is 0.489 e. The Balaban J connectivity index is 1.31. The number of carbonyl (C=O) groups is 1. The molecule has 1 heterocycles. The molecule has 4 rings (SSSR count). The predicted octanol–water partition coefficient (Wildman–Crippen LogP) is 5.92. The van der Waals surface area contributed by atoms with Gasteiger partial charge in [0.05, 0.1) is 11.9 Å². The first kappa shape index (κ1) is 25.0. The number of rotatable bonds is 10. The quantitative estimate of drug-likeness (QED) is 0.209. The van der Waals surface area contributed by atoms with Gasteiger partial charge in [-0.15, -0.1) is 0 Å². The fourth-order valence-electron chi connectivity index (χ4n) is 3.67. The molecule has 0 radical (unpaired) electrons. The van der Waals surface area contributed by atoms with Gasteiger partial charge in [-0.1, -0.05) is 41.9 Å². The van der Waals surface area contributed by atoms with Gasteiger partial charge in [0.1, 0.15) is 18.1 Å². The Bertz CT molecular complexity index is 1310. The van der Waals surface area contributed by atoms with E-state index in [0.29, 0.717) is 28.8 Å². The number of halogens is 1. The Labute approximate surface area is 215 Å². The van der Waals surface area contributed by atoms with Gasteiger partial charge >= 0.3 is 0 Å². The van der Waals surface area contributed by atoms with E-state index in [4.69, 9.17) is 16.3 Å². The molecule has 0 aliphatic rings. The molecule has 2 N–H and O–H groups in total. The maximum atomic E-state index is 12.5. The number of hydrogen-bond acceptors (Lipinski definition) is 5. The van der Waals surface area contributed by atoms with Crippen LogP contribution in [0.2, 0.25) is 5.02 Å². The molecule has 0 saturated heterocycles. The van der Waals surface area contributed by atoms with Gasteiger partial charge in [-0.25, -0.2) is 5.43 Å². The molecule has 0 atom stereocenters. The number of H-pyrrole nitrogens is 1. The Hall–Kier alpha value is -4.10. The van der Waals surface area contributed by atoms with E-state index in [2.05, 4.69) is 39.5 Å². The number of ether oxygens (including phenoxy) is 1. The van der Waals surface area contributed by atoms with E-state index in [1.54, 1.807) is 12.3 Å². The molecule has 1 aromatic heterocycles. The molecule has 0 saturated carbocycles. The molecule has 7 nitrogen and oxygen atoms in total. The van der Waals surface area contributed by atoms with Crippen LogP contribution in [0.3, 0.4) is 0 Å². The summed E-state index contributed by atoms with van der Waals surface area (Å²) >= 11 is 6.18. The fourth-order valence-corrected chi connectivity index (χ4v) is 3.86. The summed E-state index contributed by atoms with van der Waals surface area (Å²) in [6.07, 6.45) is 1.61. The number of benzene rings is 3. The summed E-state index contributed by atoms with van der Waals surface area (Å²) in [5.41, 5.74) is 7.33. The van der Waals surface area contributed by atoms with Crippen LogP contribution in [0.5, 0.6) is 5.75 Å². The van der Waals surface area contributed by atoms with Crippen molar-refractivity contribution < 1.29 is 9.53 Å². The molecule has 4 aromatic rings. The van der Waals surface area contributed by atoms with Crippen molar-refractivity contribution in [2.75, 3.05) is 18.0 Å². The number of hydrazone groups is 1. The van der Waals surface area contributed by atoms with E-state index >= 15 is 0 Å². The molecule has 36 heavy (non-hydrogen) atoms. The zero-order valence-corrected chi connectivity index (χ0v) is 21.0. The van der Waals surface area contributed by atoms with Crippen LogP contribution >= 0.6 is 11.6 Å². The number of nitrogens with zero attached hydrogens (tertiary/aromatic N) is 3. The van der Waals surface area contributed by atoms with Gasteiger partial charge < -0.3 is 9.64 Å². The number of amides is 1. The highest BCUT2D eigenvalue weighted by atomic mass is 35.5. The number of hydrogen-bond donors (Lipinski definition) is 2. The van der Waals surface area contributed by atoms with E-state index in [1.165, 1.54) is 0 Å². The molecule has 0 spiro atoms. The summed E-state index contributed by atoms with van der Waals surface area (Å²) in [6.45, 7) is 6.54. The van der Waals surface area contributed by atoms with Crippen LogP contribution in [0.1, 0.15) is 35.5 Å². The topological polar surface area (TPSA) is 82.6 Å². The molecule has 184 valence electrons. The van der Waals surface area contributed by atoms with Crippen LogP contribution in [0.15, 0.2) is 84.0 Å². The van der Waals surface area contributed by atoms with Crippen LogP contribution in [-0.2, 0) is 6.61 Å². The van der Waals surface area contributed by atoms with Gasteiger partial charge in [-0.05, 0) is 67.9 Å². The van der Waals surface area contributed by atoms with Crippen LogP contribution < -0.4 is 15.1 Å². The average Bonchev–Trinajstić information content (AvgIpc) is 3.41. The van der Waals surface area contributed by atoms with Crippen LogP contribution in [0, 0.1) is 0 Å². The van der Waals surface area contributed by atoms with Crippen molar-refractivity contribution in [2.24, 2.45) is 5.10 Å². The lowest BCUT2D eigenvalue weighted by Crippen LogP contribution is -2.21. The minimum absolute atomic E-state index is 0.318. The normalized spacial score (nSPS) is 11.0. The highest BCUT2D eigenvalue weighted by molar-refractivity contribution is 6.31. The van der Waals surface area contributed by atoms with Crippen molar-refractivity contribution in [1.29, 1.82) is 0 Å². The third-order valence-corrected chi connectivity index (χ3v) is 6.09. The van der Waals surface area contributed by atoms with Gasteiger partial charge in [0.15, 0.2) is 0 Å². The summed E-state index contributed by atoms with van der Waals surface area (Å²) in [5, 5.41) is 11.8. The number of aromatic amines is 1. The van der Waals surface area contributed by atoms with Crippen molar-refractivity contribution in [3.63, 3.8) is 0 Å². The molecular weight excluding hydrogens is 474 g/mol. The van der Waals surface area contributed by atoms with Crippen LogP contribution in [0.4, 0.5) is 5.69 Å². The first-order valence-corrected chi connectivity index (χ1v) is 12.2. The third kappa shape index (κ3) is 6.31. The zero-order chi connectivity index (χ0) is 25.3. The third-order valence-electron chi connectivity index (χ3n) is 5.73. The summed E-state index contributed by atoms with van der Waals surface area (Å²) in [4.78, 5) is 14.7. The fraction of sp³-hybridized carbons (Fsp3) is 0.179. The Morgan fingerprint density at radius 3 is 2.47 bits per heavy atom. The monoisotopic (exact) mass is 501 g/mol. The van der Waals surface area contributed by atoms with Gasteiger partial charge in [0.25, 0.3) is 5.91 Å². The van der Waals surface area contributed by atoms with Gasteiger partial charge in [0, 0.05) is 34.9 Å². The summed E-state index contributed by atoms with van der Waals surface area (Å²) in [5.74, 6) is 0.344. The van der Waals surface area contributed by atoms with Crippen molar-refractivity contribution in [3.8, 4) is 17.0 Å². The van der Waals surface area contributed by atoms with E-state index in [0.717, 1.165) is 35.5 Å². The van der Waals surface area contributed by atoms with Crippen molar-refractivity contribution in [2.45, 2.75) is 20.5 Å². The van der Waals surface area contributed by atoms with Crippen molar-refractivity contribution in [1.82, 2.24) is 15.6 Å². The summed E-state index contributed by atoms with van der Waals surface area (Å²) in [7, 11) is 0. The molecule has 0 bridgehead atoms. The second kappa shape index (κ2) is 12.0. The Morgan fingerprint density at radius 2 is 1.78 bits per heavy atom. The smallest absolute Gasteiger partial charge is 0.289 e. The maximum absolute atomic E-state index is 12.5. The lowest BCUT2D eigenvalue weighted by atomic mass is 10.1. The standard InChI is InChI=1S/C28H28ClN5O2/c1-3-34(4-2)23-13-9-20(10-14-23)18-30-33-28(35)27-17-26(31-32-27)21-11-15-24(16-12-21)36-19-22-7-5-6-8-25(22)29/h5-18H,3-4,19H2,1-2H3,(H,31,32)(H,33,35)/b30-18+. The van der Waals surface area contributed by atoms with Crippen molar-refractivity contribution in [3.05, 3.63) is 101 Å². The van der Waals surface area contributed by atoms with E-state index in [9.17, 15) is 4.79 Å².